The van der Waals surface area contributed by atoms with Crippen LogP contribution < -0.4 is 0 Å². The predicted octanol–water partition coefficient (Wildman–Crippen LogP) is 5.70. The Bertz CT molecular complexity index is 1130. The molecule has 0 spiro atoms. The lowest BCUT2D eigenvalue weighted by molar-refractivity contribution is -0.394. The lowest BCUT2D eigenvalue weighted by Gasteiger charge is -2.58. The average Bonchev–Trinajstić information content (AvgIpc) is 2.63. The van der Waals surface area contributed by atoms with Gasteiger partial charge in [-0.15, -0.1) is 0 Å². The van der Waals surface area contributed by atoms with Gasteiger partial charge in [0.25, 0.3) is 11.4 Å². The first-order valence-electron chi connectivity index (χ1n) is 11.5. The first kappa shape index (κ1) is 24.0. The summed E-state index contributed by atoms with van der Waals surface area (Å²) in [5.74, 6) is -0.915. The molecule has 3 aliphatic rings. The minimum Gasteiger partial charge on any atom is -0.450 e. The highest BCUT2D eigenvalue weighted by Crippen LogP contribution is 2.62. The number of nitrogens with zero attached hydrogens (tertiary/aromatic N) is 2. The zero-order chi connectivity index (χ0) is 25.3. The van der Waals surface area contributed by atoms with Gasteiger partial charge in [0, 0.05) is 24.1 Å². The molecule has 4 rings (SSSR count). The second-order valence-electron chi connectivity index (χ2n) is 12.2. The highest BCUT2D eigenvalue weighted by molar-refractivity contribution is 6.01. The molecule has 2 bridgehead atoms. The molecule has 0 saturated heterocycles. The van der Waals surface area contributed by atoms with Gasteiger partial charge in [-0.1, -0.05) is 40.2 Å². The third-order valence-electron chi connectivity index (χ3n) is 7.29. The molecule has 182 valence electrons. The van der Waals surface area contributed by atoms with E-state index in [1.807, 2.05) is 0 Å². The summed E-state index contributed by atoms with van der Waals surface area (Å²) in [6.45, 7) is 10.5. The number of ether oxygens (including phenoxy) is 1. The molecule has 0 N–H and O–H groups in total. The van der Waals surface area contributed by atoms with Crippen molar-refractivity contribution in [2.45, 2.75) is 78.7 Å². The molecule has 0 aliphatic heterocycles. The Hall–Kier alpha value is -3.10. The monoisotopic (exact) mass is 470 g/mol. The number of fused-ring (bicyclic) bond motifs is 3. The number of carbonyl (C=O) groups is 2. The van der Waals surface area contributed by atoms with Crippen LogP contribution in [0, 0.1) is 36.5 Å². The van der Waals surface area contributed by atoms with Crippen molar-refractivity contribution in [3.63, 3.8) is 0 Å². The highest BCUT2D eigenvalue weighted by atomic mass is 16.6. The molecule has 0 aromatic heterocycles. The number of nitro groups is 2. The molecule has 1 fully saturated rings. The largest absolute Gasteiger partial charge is 0.450 e. The quantitative estimate of drug-likeness (QED) is 0.313. The Labute approximate surface area is 197 Å². The van der Waals surface area contributed by atoms with Crippen LogP contribution in [-0.2, 0) is 9.53 Å². The van der Waals surface area contributed by atoms with Crippen molar-refractivity contribution in [3.05, 3.63) is 55.1 Å². The smallest absolute Gasteiger partial charge is 0.339 e. The maximum atomic E-state index is 13.4. The van der Waals surface area contributed by atoms with Gasteiger partial charge in [0.2, 0.25) is 0 Å². The Morgan fingerprint density at radius 1 is 0.853 bits per heavy atom. The van der Waals surface area contributed by atoms with Crippen molar-refractivity contribution in [3.8, 4) is 0 Å². The van der Waals surface area contributed by atoms with E-state index in [1.54, 1.807) is 0 Å². The van der Waals surface area contributed by atoms with Crippen LogP contribution in [-0.4, -0.2) is 27.2 Å². The second-order valence-corrected chi connectivity index (χ2v) is 12.2. The van der Waals surface area contributed by atoms with Crippen LogP contribution in [0.15, 0.2) is 29.3 Å². The van der Waals surface area contributed by atoms with Gasteiger partial charge >= 0.3 is 5.97 Å². The van der Waals surface area contributed by atoms with Crippen molar-refractivity contribution < 1.29 is 24.2 Å². The van der Waals surface area contributed by atoms with Crippen molar-refractivity contribution >= 4 is 23.1 Å². The summed E-state index contributed by atoms with van der Waals surface area (Å²) in [5.41, 5.74) is -1.52. The molecule has 9 nitrogen and oxygen atoms in total. The molecule has 2 unspecified atom stereocenters. The Balaban J connectivity index is 1.83. The zero-order valence-electron chi connectivity index (χ0n) is 20.2. The van der Waals surface area contributed by atoms with Gasteiger partial charge in [0.1, 0.15) is 5.60 Å². The summed E-state index contributed by atoms with van der Waals surface area (Å²) < 4.78 is 6.15. The number of esters is 1. The van der Waals surface area contributed by atoms with Crippen LogP contribution in [0.5, 0.6) is 0 Å². The van der Waals surface area contributed by atoms with Crippen molar-refractivity contribution in [2.75, 3.05) is 0 Å². The summed E-state index contributed by atoms with van der Waals surface area (Å²) >= 11 is 0. The summed E-state index contributed by atoms with van der Waals surface area (Å²) in [5, 5.41) is 22.6. The van der Waals surface area contributed by atoms with E-state index in [0.29, 0.717) is 24.8 Å². The molecule has 1 aromatic rings. The molecule has 2 atom stereocenters. The summed E-state index contributed by atoms with van der Waals surface area (Å²) in [6, 6.07) is 2.79. The average molecular weight is 471 g/mol. The predicted molar refractivity (Wildman–Crippen MR) is 123 cm³/mol. The lowest BCUT2D eigenvalue weighted by atomic mass is 9.49. The Morgan fingerprint density at radius 3 is 2.00 bits per heavy atom. The Kier molecular flexibility index (Phi) is 5.27. The number of benzene rings is 1. The third kappa shape index (κ3) is 4.23. The van der Waals surface area contributed by atoms with E-state index in [4.69, 9.17) is 4.74 Å². The number of Topliss-reactive ketones (excluding diaryl/α,β-unsaturated/α-hetero) is 1. The zero-order valence-corrected chi connectivity index (χ0v) is 20.2. The summed E-state index contributed by atoms with van der Waals surface area (Å²) in [4.78, 5) is 47.9. The van der Waals surface area contributed by atoms with E-state index < -0.39 is 32.8 Å². The second kappa shape index (κ2) is 7.45. The fourth-order valence-corrected chi connectivity index (χ4v) is 7.08. The SMILES string of the molecule is CC1(C)CC(=O)C2=C(C1)CC1(C)CC(C)(C)CC2(OC(=O)c2cc([N+](=O)[O-])cc([N+](=O)[O-])c2)C1. The number of ketones is 1. The maximum Gasteiger partial charge on any atom is 0.339 e. The van der Waals surface area contributed by atoms with Gasteiger partial charge < -0.3 is 4.74 Å². The van der Waals surface area contributed by atoms with E-state index in [1.165, 1.54) is 0 Å². The van der Waals surface area contributed by atoms with Crippen LogP contribution in [0.3, 0.4) is 0 Å². The van der Waals surface area contributed by atoms with Gasteiger partial charge in [0.05, 0.1) is 21.5 Å². The van der Waals surface area contributed by atoms with Gasteiger partial charge in [-0.25, -0.2) is 4.79 Å². The van der Waals surface area contributed by atoms with E-state index in [0.717, 1.165) is 43.0 Å². The van der Waals surface area contributed by atoms with E-state index in [-0.39, 0.29) is 27.6 Å². The highest BCUT2D eigenvalue weighted by Gasteiger charge is 2.60. The van der Waals surface area contributed by atoms with Gasteiger partial charge in [-0.05, 0) is 48.3 Å². The molecule has 0 heterocycles. The topological polar surface area (TPSA) is 130 Å². The first-order chi connectivity index (χ1) is 15.5. The molecule has 0 amide bonds. The van der Waals surface area contributed by atoms with Crippen LogP contribution in [0.4, 0.5) is 11.4 Å². The maximum absolute atomic E-state index is 13.4. The number of carbonyl (C=O) groups excluding carboxylic acids is 2. The number of non-ortho nitro benzene ring substituents is 2. The fourth-order valence-electron chi connectivity index (χ4n) is 7.08. The van der Waals surface area contributed by atoms with Crippen LogP contribution in [0.25, 0.3) is 0 Å². The molecule has 1 aromatic carbocycles. The summed E-state index contributed by atoms with van der Waals surface area (Å²) in [6.07, 6.45) is 3.70. The minimum absolute atomic E-state index is 0.0242. The number of hydrogen-bond donors (Lipinski definition) is 0. The van der Waals surface area contributed by atoms with Crippen molar-refractivity contribution in [1.82, 2.24) is 0 Å². The van der Waals surface area contributed by atoms with Gasteiger partial charge in [0.15, 0.2) is 5.78 Å². The van der Waals surface area contributed by atoms with Crippen LogP contribution in [0.2, 0.25) is 0 Å². The standard InChI is InChI=1S/C25H30N2O7/c1-22(2)9-16-10-24(5)12-23(3,4)13-25(14-24,20(16)19(28)11-22)34-21(29)15-6-17(26(30)31)8-18(7-15)27(32)33/h6-8H,9-14H2,1-5H3. The molecule has 34 heavy (non-hydrogen) atoms. The molecule has 1 saturated carbocycles. The normalized spacial score (nSPS) is 29.3. The van der Waals surface area contributed by atoms with E-state index >= 15 is 0 Å². The molecular formula is C25H30N2O7. The third-order valence-corrected chi connectivity index (χ3v) is 7.29. The number of nitro benzene ring substituents is 2. The molecule has 9 heteroatoms. The minimum atomic E-state index is -1.16. The summed E-state index contributed by atoms with van der Waals surface area (Å²) in [7, 11) is 0. The van der Waals surface area contributed by atoms with Crippen LogP contribution in [0.1, 0.15) is 83.5 Å². The number of rotatable bonds is 4. The molecule has 0 radical (unpaired) electrons. The fraction of sp³-hybridized carbons (Fsp3) is 0.600. The van der Waals surface area contributed by atoms with E-state index in [2.05, 4.69) is 34.6 Å². The molecular weight excluding hydrogens is 440 g/mol. The molecule has 3 aliphatic carbocycles. The van der Waals surface area contributed by atoms with Gasteiger partial charge in [-0.3, -0.25) is 25.0 Å². The Morgan fingerprint density at radius 2 is 1.44 bits per heavy atom. The van der Waals surface area contributed by atoms with Crippen molar-refractivity contribution in [1.29, 1.82) is 0 Å². The lowest BCUT2D eigenvalue weighted by Crippen LogP contribution is -2.56. The van der Waals surface area contributed by atoms with E-state index in [9.17, 15) is 29.8 Å². The van der Waals surface area contributed by atoms with Crippen molar-refractivity contribution in [2.24, 2.45) is 16.2 Å². The number of hydrogen-bond acceptors (Lipinski definition) is 7. The van der Waals surface area contributed by atoms with Gasteiger partial charge in [-0.2, -0.15) is 0 Å². The van der Waals surface area contributed by atoms with Crippen LogP contribution >= 0.6 is 0 Å². The number of allylic oxidation sites excluding steroid dienone is 1. The first-order valence-corrected chi connectivity index (χ1v) is 11.5.